The Bertz CT molecular complexity index is 437. The number of anilines is 1. The zero-order chi connectivity index (χ0) is 13.8. The number of hydrogen-bond donors (Lipinski definition) is 1. The number of rotatable bonds is 7. The molecular weight excluding hydrogens is 298 g/mol. The zero-order valence-corrected chi connectivity index (χ0v) is 13.5. The fourth-order valence-electron chi connectivity index (χ4n) is 2.25. The van der Waals surface area contributed by atoms with E-state index >= 15 is 0 Å². The molecule has 1 unspecified atom stereocenters. The Balaban J connectivity index is 0.00000200. The predicted molar refractivity (Wildman–Crippen MR) is 83.1 cm³/mol. The molecule has 1 aromatic heterocycles. The van der Waals surface area contributed by atoms with Gasteiger partial charge in [0.15, 0.2) is 5.13 Å². The van der Waals surface area contributed by atoms with Gasteiger partial charge in [-0.2, -0.15) is 0 Å². The SMILES string of the molecule is CCOC(=O)C(CC)N(Cc1cnc(N)s1)C1CC1.Cl. The van der Waals surface area contributed by atoms with E-state index in [2.05, 4.69) is 9.88 Å². The van der Waals surface area contributed by atoms with Crippen LogP contribution in [0.15, 0.2) is 6.20 Å². The maximum Gasteiger partial charge on any atom is 0.323 e. The Kier molecular flexibility index (Phi) is 6.71. The van der Waals surface area contributed by atoms with Gasteiger partial charge in [0.05, 0.1) is 6.61 Å². The van der Waals surface area contributed by atoms with Crippen LogP contribution in [-0.4, -0.2) is 34.5 Å². The van der Waals surface area contributed by atoms with Crippen LogP contribution in [0, 0.1) is 0 Å². The number of hydrogen-bond acceptors (Lipinski definition) is 6. The minimum atomic E-state index is -0.157. The van der Waals surface area contributed by atoms with Gasteiger partial charge in [0, 0.05) is 23.7 Å². The first-order valence-electron chi connectivity index (χ1n) is 6.78. The Hall–Kier alpha value is -0.850. The van der Waals surface area contributed by atoms with Crippen molar-refractivity contribution < 1.29 is 9.53 Å². The molecule has 0 radical (unpaired) electrons. The molecule has 1 heterocycles. The molecule has 5 nitrogen and oxygen atoms in total. The van der Waals surface area contributed by atoms with E-state index in [1.807, 2.05) is 13.8 Å². The molecule has 1 saturated carbocycles. The maximum atomic E-state index is 12.0. The molecule has 114 valence electrons. The average Bonchev–Trinajstić information content (AvgIpc) is 3.13. The summed E-state index contributed by atoms with van der Waals surface area (Å²) >= 11 is 1.49. The molecular formula is C13H22ClN3O2S. The molecule has 1 aliphatic carbocycles. The van der Waals surface area contributed by atoms with Crippen LogP contribution >= 0.6 is 23.7 Å². The van der Waals surface area contributed by atoms with E-state index in [-0.39, 0.29) is 24.4 Å². The average molecular weight is 320 g/mol. The minimum absolute atomic E-state index is 0. The van der Waals surface area contributed by atoms with Gasteiger partial charge in [-0.25, -0.2) is 4.98 Å². The number of halogens is 1. The third kappa shape index (κ3) is 4.33. The van der Waals surface area contributed by atoms with E-state index in [0.717, 1.165) is 30.7 Å². The van der Waals surface area contributed by atoms with E-state index in [0.29, 0.717) is 17.8 Å². The summed E-state index contributed by atoms with van der Waals surface area (Å²) in [4.78, 5) is 19.5. The molecule has 0 aliphatic heterocycles. The lowest BCUT2D eigenvalue weighted by Crippen LogP contribution is -2.42. The summed E-state index contributed by atoms with van der Waals surface area (Å²) in [6, 6.07) is 0.341. The molecule has 0 saturated heterocycles. The highest BCUT2D eigenvalue weighted by molar-refractivity contribution is 7.15. The van der Waals surface area contributed by atoms with E-state index in [4.69, 9.17) is 10.5 Å². The molecule has 0 aromatic carbocycles. The minimum Gasteiger partial charge on any atom is -0.465 e. The number of esters is 1. The Labute approximate surface area is 129 Å². The molecule has 20 heavy (non-hydrogen) atoms. The van der Waals surface area contributed by atoms with Gasteiger partial charge in [0.2, 0.25) is 0 Å². The van der Waals surface area contributed by atoms with E-state index in [9.17, 15) is 4.79 Å². The van der Waals surface area contributed by atoms with Crippen LogP contribution in [0.3, 0.4) is 0 Å². The van der Waals surface area contributed by atoms with Gasteiger partial charge in [-0.3, -0.25) is 9.69 Å². The van der Waals surface area contributed by atoms with Gasteiger partial charge >= 0.3 is 5.97 Å². The molecule has 2 rings (SSSR count). The van der Waals surface area contributed by atoms with Crippen molar-refractivity contribution >= 4 is 34.8 Å². The fraction of sp³-hybridized carbons (Fsp3) is 0.692. The van der Waals surface area contributed by atoms with Crippen LogP contribution in [0.2, 0.25) is 0 Å². The highest BCUT2D eigenvalue weighted by atomic mass is 35.5. The normalized spacial score (nSPS) is 15.8. The first-order valence-corrected chi connectivity index (χ1v) is 7.59. The predicted octanol–water partition coefficient (Wildman–Crippen LogP) is 2.45. The van der Waals surface area contributed by atoms with Crippen LogP contribution in [0.1, 0.15) is 38.0 Å². The second-order valence-corrected chi connectivity index (χ2v) is 5.89. The highest BCUT2D eigenvalue weighted by Gasteiger charge is 2.37. The van der Waals surface area contributed by atoms with Crippen molar-refractivity contribution in [2.45, 2.75) is 51.7 Å². The monoisotopic (exact) mass is 319 g/mol. The van der Waals surface area contributed by atoms with Gasteiger partial charge in [-0.1, -0.05) is 6.92 Å². The summed E-state index contributed by atoms with van der Waals surface area (Å²) in [6.45, 7) is 5.03. The lowest BCUT2D eigenvalue weighted by Gasteiger charge is -2.28. The number of thiazole rings is 1. The third-order valence-corrected chi connectivity index (χ3v) is 4.08. The van der Waals surface area contributed by atoms with Gasteiger partial charge < -0.3 is 10.5 Å². The second-order valence-electron chi connectivity index (χ2n) is 4.74. The van der Waals surface area contributed by atoms with Crippen LogP contribution in [0.25, 0.3) is 0 Å². The molecule has 2 N–H and O–H groups in total. The van der Waals surface area contributed by atoms with Crippen LogP contribution in [0.4, 0.5) is 5.13 Å². The number of carbonyl (C=O) groups excluding carboxylic acids is 1. The summed E-state index contributed by atoms with van der Waals surface area (Å²) in [5.74, 6) is -0.116. The topological polar surface area (TPSA) is 68.5 Å². The Morgan fingerprint density at radius 1 is 1.60 bits per heavy atom. The molecule has 1 aliphatic rings. The van der Waals surface area contributed by atoms with Gasteiger partial charge in [-0.15, -0.1) is 23.7 Å². The summed E-state index contributed by atoms with van der Waals surface area (Å²) in [5.41, 5.74) is 5.66. The number of nitrogen functional groups attached to an aromatic ring is 1. The number of aromatic nitrogens is 1. The summed E-state index contributed by atoms with van der Waals surface area (Å²) in [6.07, 6.45) is 4.88. The first kappa shape index (κ1) is 17.2. The van der Waals surface area contributed by atoms with E-state index in [1.165, 1.54) is 11.3 Å². The Morgan fingerprint density at radius 3 is 2.75 bits per heavy atom. The molecule has 1 aromatic rings. The fourth-order valence-corrected chi connectivity index (χ4v) is 2.94. The molecule has 7 heteroatoms. The number of carbonyl (C=O) groups is 1. The molecule has 0 spiro atoms. The number of ether oxygens (including phenoxy) is 1. The first-order chi connectivity index (χ1) is 9.15. The van der Waals surface area contributed by atoms with Crippen molar-refractivity contribution in [3.63, 3.8) is 0 Å². The van der Waals surface area contributed by atoms with Crippen molar-refractivity contribution in [2.75, 3.05) is 12.3 Å². The lowest BCUT2D eigenvalue weighted by molar-refractivity contribution is -0.150. The summed E-state index contributed by atoms with van der Waals surface area (Å²) < 4.78 is 5.18. The van der Waals surface area contributed by atoms with Crippen molar-refractivity contribution in [2.24, 2.45) is 0 Å². The van der Waals surface area contributed by atoms with Crippen molar-refractivity contribution in [3.8, 4) is 0 Å². The van der Waals surface area contributed by atoms with Crippen LogP contribution < -0.4 is 5.73 Å². The highest BCUT2D eigenvalue weighted by Crippen LogP contribution is 2.32. The van der Waals surface area contributed by atoms with E-state index < -0.39 is 0 Å². The van der Waals surface area contributed by atoms with Gasteiger partial charge in [0.25, 0.3) is 0 Å². The van der Waals surface area contributed by atoms with E-state index in [1.54, 1.807) is 6.20 Å². The maximum absolute atomic E-state index is 12.0. The standard InChI is InChI=1S/C13H21N3O2S.ClH/c1-3-11(12(17)18-4-2)16(9-5-6-9)8-10-7-15-13(14)19-10;/h7,9,11H,3-6,8H2,1-2H3,(H2,14,15);1H. The van der Waals surface area contributed by atoms with Crippen LogP contribution in [0.5, 0.6) is 0 Å². The third-order valence-electron chi connectivity index (χ3n) is 3.27. The largest absolute Gasteiger partial charge is 0.465 e. The van der Waals surface area contributed by atoms with Gasteiger partial charge in [-0.05, 0) is 26.2 Å². The van der Waals surface area contributed by atoms with Crippen LogP contribution in [-0.2, 0) is 16.1 Å². The molecule has 0 bridgehead atoms. The van der Waals surface area contributed by atoms with Gasteiger partial charge in [0.1, 0.15) is 6.04 Å². The quantitative estimate of drug-likeness (QED) is 0.782. The lowest BCUT2D eigenvalue weighted by atomic mass is 10.2. The summed E-state index contributed by atoms with van der Waals surface area (Å²) in [5, 5.41) is 0.579. The molecule has 0 amide bonds. The molecule has 1 atom stereocenters. The van der Waals surface area contributed by atoms with Crippen molar-refractivity contribution in [3.05, 3.63) is 11.1 Å². The second kappa shape index (κ2) is 7.81. The van der Waals surface area contributed by atoms with Crippen molar-refractivity contribution in [1.29, 1.82) is 0 Å². The number of nitrogens with two attached hydrogens (primary N) is 1. The smallest absolute Gasteiger partial charge is 0.323 e. The Morgan fingerprint density at radius 2 is 2.30 bits per heavy atom. The zero-order valence-electron chi connectivity index (χ0n) is 11.9. The number of nitrogens with zero attached hydrogens (tertiary/aromatic N) is 2. The van der Waals surface area contributed by atoms with Crippen molar-refractivity contribution in [1.82, 2.24) is 9.88 Å². The summed E-state index contributed by atoms with van der Waals surface area (Å²) in [7, 11) is 0. The molecule has 1 fully saturated rings.